The molecule has 0 aromatic heterocycles. The summed E-state index contributed by atoms with van der Waals surface area (Å²) in [7, 11) is -3.06. The van der Waals surface area contributed by atoms with Crippen LogP contribution in [0.2, 0.25) is 0 Å². The topological polar surface area (TPSA) is 46.6 Å². The smallest absolute Gasteiger partial charge is 0.217 e. The summed E-state index contributed by atoms with van der Waals surface area (Å²) >= 11 is 0. The van der Waals surface area contributed by atoms with Gasteiger partial charge in [0.05, 0.1) is 18.0 Å². The third-order valence-corrected chi connectivity index (χ3v) is 6.14. The van der Waals surface area contributed by atoms with Crippen molar-refractivity contribution in [1.82, 2.24) is 4.31 Å². The Morgan fingerprint density at radius 1 is 1.28 bits per heavy atom. The van der Waals surface area contributed by atoms with Crippen molar-refractivity contribution >= 4 is 10.0 Å². The second kappa shape index (κ2) is 5.10. The maximum Gasteiger partial charge on any atom is 0.217 e. The Kier molecular flexibility index (Phi) is 4.04. The van der Waals surface area contributed by atoms with Crippen LogP contribution in [0.3, 0.4) is 0 Å². The van der Waals surface area contributed by atoms with E-state index in [2.05, 4.69) is 20.8 Å². The summed E-state index contributed by atoms with van der Waals surface area (Å²) in [6.07, 6.45) is 3.69. The van der Waals surface area contributed by atoms with Crippen LogP contribution in [0.5, 0.6) is 0 Å². The van der Waals surface area contributed by atoms with E-state index in [1.807, 2.05) is 0 Å². The van der Waals surface area contributed by atoms with Gasteiger partial charge in [-0.1, -0.05) is 27.2 Å². The van der Waals surface area contributed by atoms with E-state index in [1.54, 1.807) is 4.31 Å². The lowest BCUT2D eigenvalue weighted by Gasteiger charge is -2.38. The molecule has 2 rings (SSSR count). The molecule has 1 saturated carbocycles. The number of nitrogens with zero attached hydrogens (tertiary/aromatic N) is 1. The Bertz CT molecular complexity index is 382. The molecule has 1 aliphatic heterocycles. The van der Waals surface area contributed by atoms with E-state index in [9.17, 15) is 8.42 Å². The zero-order chi connectivity index (χ0) is 13.4. The van der Waals surface area contributed by atoms with E-state index in [0.29, 0.717) is 19.7 Å². The summed E-state index contributed by atoms with van der Waals surface area (Å²) in [5.74, 6) is 0. The molecular weight excluding hydrogens is 250 g/mol. The molecule has 0 spiro atoms. The van der Waals surface area contributed by atoms with Gasteiger partial charge >= 0.3 is 0 Å². The van der Waals surface area contributed by atoms with Crippen molar-refractivity contribution in [3.05, 3.63) is 0 Å². The number of hydrogen-bond donors (Lipinski definition) is 0. The van der Waals surface area contributed by atoms with Crippen LogP contribution in [0.1, 0.15) is 46.5 Å². The van der Waals surface area contributed by atoms with Gasteiger partial charge < -0.3 is 4.74 Å². The number of sulfonamides is 1. The van der Waals surface area contributed by atoms with Gasteiger partial charge in [-0.2, -0.15) is 4.31 Å². The third-order valence-electron chi connectivity index (χ3n) is 3.77. The monoisotopic (exact) mass is 275 g/mol. The number of rotatable bonds is 3. The van der Waals surface area contributed by atoms with Crippen LogP contribution in [0, 0.1) is 5.41 Å². The van der Waals surface area contributed by atoms with Crippen LogP contribution in [-0.2, 0) is 14.8 Å². The minimum Gasteiger partial charge on any atom is -0.375 e. The van der Waals surface area contributed by atoms with Crippen LogP contribution in [0.15, 0.2) is 0 Å². The number of hydrogen-bond acceptors (Lipinski definition) is 3. The molecule has 1 aliphatic carbocycles. The molecule has 0 aromatic carbocycles. The van der Waals surface area contributed by atoms with Gasteiger partial charge in [0.15, 0.2) is 0 Å². The highest BCUT2D eigenvalue weighted by atomic mass is 32.2. The normalized spacial score (nSPS) is 28.1. The Hall–Kier alpha value is -0.130. The maximum atomic E-state index is 12.3. The molecule has 18 heavy (non-hydrogen) atoms. The first-order valence-electron chi connectivity index (χ1n) is 6.89. The minimum absolute atomic E-state index is 0.0496. The highest BCUT2D eigenvalue weighted by Crippen LogP contribution is 2.31. The van der Waals surface area contributed by atoms with E-state index in [4.69, 9.17) is 4.74 Å². The highest BCUT2D eigenvalue weighted by Gasteiger charge is 2.39. The summed E-state index contributed by atoms with van der Waals surface area (Å²) in [6, 6.07) is 0. The first kappa shape index (κ1) is 14.3. The fourth-order valence-electron chi connectivity index (χ4n) is 2.61. The summed E-state index contributed by atoms with van der Waals surface area (Å²) in [5, 5.41) is -0.120. The minimum atomic E-state index is -3.06. The highest BCUT2D eigenvalue weighted by molar-refractivity contribution is 7.89. The second-order valence-electron chi connectivity index (χ2n) is 6.71. The van der Waals surface area contributed by atoms with Gasteiger partial charge in [-0.25, -0.2) is 8.42 Å². The first-order chi connectivity index (χ1) is 8.29. The van der Waals surface area contributed by atoms with Crippen molar-refractivity contribution in [2.24, 2.45) is 5.41 Å². The molecule has 5 heteroatoms. The summed E-state index contributed by atoms with van der Waals surface area (Å²) in [6.45, 7) is 8.09. The quantitative estimate of drug-likeness (QED) is 0.791. The van der Waals surface area contributed by atoms with Gasteiger partial charge in [-0.3, -0.25) is 0 Å². The lowest BCUT2D eigenvalue weighted by molar-refractivity contribution is -0.0221. The molecule has 1 heterocycles. The molecule has 1 atom stereocenters. The maximum absolute atomic E-state index is 12.3. The van der Waals surface area contributed by atoms with Crippen LogP contribution in [-0.4, -0.2) is 43.8 Å². The third kappa shape index (κ3) is 3.25. The molecule has 1 unspecified atom stereocenters. The Labute approximate surface area is 111 Å². The summed E-state index contributed by atoms with van der Waals surface area (Å²) in [4.78, 5) is 0. The zero-order valence-corrected chi connectivity index (χ0v) is 12.5. The predicted molar refractivity (Wildman–Crippen MR) is 71.9 cm³/mol. The molecule has 0 amide bonds. The van der Waals surface area contributed by atoms with Crippen molar-refractivity contribution in [2.75, 3.05) is 19.7 Å². The predicted octanol–water partition coefficient (Wildman–Crippen LogP) is 2.01. The summed E-state index contributed by atoms with van der Waals surface area (Å²) < 4.78 is 32.1. The average Bonchev–Trinajstić information content (AvgIpc) is 2.11. The Balaban J connectivity index is 1.98. The van der Waals surface area contributed by atoms with Crippen molar-refractivity contribution in [3.63, 3.8) is 0 Å². The van der Waals surface area contributed by atoms with Gasteiger partial charge in [0, 0.05) is 13.1 Å². The largest absolute Gasteiger partial charge is 0.375 e. The van der Waals surface area contributed by atoms with Crippen LogP contribution in [0.4, 0.5) is 0 Å². The molecule has 0 radical (unpaired) electrons. The van der Waals surface area contributed by atoms with Crippen LogP contribution < -0.4 is 0 Å². The van der Waals surface area contributed by atoms with E-state index in [0.717, 1.165) is 25.7 Å². The molecule has 0 N–H and O–H groups in total. The van der Waals surface area contributed by atoms with Crippen LogP contribution in [0.25, 0.3) is 0 Å². The van der Waals surface area contributed by atoms with Gasteiger partial charge in [-0.15, -0.1) is 0 Å². The van der Waals surface area contributed by atoms with Crippen molar-refractivity contribution < 1.29 is 13.2 Å². The number of morpholine rings is 1. The van der Waals surface area contributed by atoms with E-state index in [1.165, 1.54) is 0 Å². The first-order valence-corrected chi connectivity index (χ1v) is 8.40. The Morgan fingerprint density at radius 2 is 1.94 bits per heavy atom. The van der Waals surface area contributed by atoms with Gasteiger partial charge in [0.1, 0.15) is 0 Å². The molecule has 0 bridgehead atoms. The Morgan fingerprint density at radius 3 is 2.44 bits per heavy atom. The fraction of sp³-hybridized carbons (Fsp3) is 1.00. The molecule has 106 valence electrons. The SMILES string of the molecule is CC(C)(C)CC1CN(S(=O)(=O)C2CCC2)CCO1. The summed E-state index contributed by atoms with van der Waals surface area (Å²) in [5.41, 5.74) is 0.175. The van der Waals surface area contributed by atoms with Gasteiger partial charge in [0.25, 0.3) is 0 Å². The van der Waals surface area contributed by atoms with Crippen molar-refractivity contribution in [2.45, 2.75) is 57.8 Å². The lowest BCUT2D eigenvalue weighted by atomic mass is 9.89. The zero-order valence-electron chi connectivity index (χ0n) is 11.7. The molecule has 4 nitrogen and oxygen atoms in total. The fourth-order valence-corrected chi connectivity index (χ4v) is 4.66. The molecule has 1 saturated heterocycles. The molecular formula is C13H25NO3S. The molecule has 0 aromatic rings. The van der Waals surface area contributed by atoms with Crippen molar-refractivity contribution in [1.29, 1.82) is 0 Å². The van der Waals surface area contributed by atoms with Gasteiger partial charge in [-0.05, 0) is 24.7 Å². The van der Waals surface area contributed by atoms with Gasteiger partial charge in [0.2, 0.25) is 10.0 Å². The second-order valence-corrected chi connectivity index (χ2v) is 8.93. The lowest BCUT2D eigenvalue weighted by Crippen LogP contribution is -2.50. The molecule has 2 fully saturated rings. The van der Waals surface area contributed by atoms with Crippen molar-refractivity contribution in [3.8, 4) is 0 Å². The van der Waals surface area contributed by atoms with E-state index in [-0.39, 0.29) is 16.8 Å². The van der Waals surface area contributed by atoms with Crippen LogP contribution >= 0.6 is 0 Å². The van der Waals surface area contributed by atoms with E-state index < -0.39 is 10.0 Å². The molecule has 2 aliphatic rings. The van der Waals surface area contributed by atoms with E-state index >= 15 is 0 Å². The number of ether oxygens (including phenoxy) is 1. The standard InChI is InChI=1S/C13H25NO3S/c1-13(2,3)9-11-10-14(7-8-17-11)18(15,16)12-5-4-6-12/h11-12H,4-10H2,1-3H3. The average molecular weight is 275 g/mol.